The Labute approximate surface area is 127 Å². The van der Waals surface area contributed by atoms with Gasteiger partial charge in [-0.25, -0.2) is 0 Å². The van der Waals surface area contributed by atoms with Crippen molar-refractivity contribution in [2.75, 3.05) is 13.2 Å². The third-order valence-corrected chi connectivity index (χ3v) is 3.98. The maximum atomic E-state index is 11.3. The van der Waals surface area contributed by atoms with Crippen molar-refractivity contribution in [3.05, 3.63) is 22.8 Å². The normalized spacial score (nSPS) is 13.0. The SMILES string of the molecule is CCCCOc1cc(C=O)c2c(c1OCCCC)CCC2. The topological polar surface area (TPSA) is 35.5 Å². The first-order valence-electron chi connectivity index (χ1n) is 8.21. The number of rotatable bonds is 9. The van der Waals surface area contributed by atoms with Gasteiger partial charge < -0.3 is 9.47 Å². The van der Waals surface area contributed by atoms with Gasteiger partial charge in [-0.05, 0) is 43.7 Å². The molecule has 0 N–H and O–H groups in total. The van der Waals surface area contributed by atoms with Crippen molar-refractivity contribution < 1.29 is 14.3 Å². The summed E-state index contributed by atoms with van der Waals surface area (Å²) in [6, 6.07) is 1.87. The first-order chi connectivity index (χ1) is 10.3. The highest BCUT2D eigenvalue weighted by Gasteiger charge is 2.23. The Morgan fingerprint density at radius 3 is 2.38 bits per heavy atom. The summed E-state index contributed by atoms with van der Waals surface area (Å²) in [5, 5.41) is 0. The van der Waals surface area contributed by atoms with Gasteiger partial charge in [0.05, 0.1) is 13.2 Å². The van der Waals surface area contributed by atoms with Crippen molar-refractivity contribution in [2.24, 2.45) is 0 Å². The van der Waals surface area contributed by atoms with Crippen LogP contribution in [-0.2, 0) is 12.8 Å². The number of ether oxygens (including phenoxy) is 2. The van der Waals surface area contributed by atoms with Crippen molar-refractivity contribution in [2.45, 2.75) is 58.8 Å². The molecule has 0 heterocycles. The molecule has 3 heteroatoms. The molecule has 1 aromatic rings. The van der Waals surface area contributed by atoms with Gasteiger partial charge in [0, 0.05) is 11.1 Å². The average Bonchev–Trinajstić information content (AvgIpc) is 2.98. The summed E-state index contributed by atoms with van der Waals surface area (Å²) in [6.07, 6.45) is 8.27. The number of aldehydes is 1. The van der Waals surface area contributed by atoms with Gasteiger partial charge in [0.15, 0.2) is 11.5 Å². The Balaban J connectivity index is 2.28. The summed E-state index contributed by atoms with van der Waals surface area (Å²) in [7, 11) is 0. The van der Waals surface area contributed by atoms with Gasteiger partial charge in [0.25, 0.3) is 0 Å². The van der Waals surface area contributed by atoms with E-state index in [1.54, 1.807) is 0 Å². The van der Waals surface area contributed by atoms with E-state index >= 15 is 0 Å². The molecule has 0 fully saturated rings. The van der Waals surface area contributed by atoms with Gasteiger partial charge in [0.2, 0.25) is 0 Å². The molecule has 116 valence electrons. The summed E-state index contributed by atoms with van der Waals surface area (Å²) >= 11 is 0. The molecule has 0 aliphatic heterocycles. The van der Waals surface area contributed by atoms with Gasteiger partial charge in [-0.2, -0.15) is 0 Å². The van der Waals surface area contributed by atoms with Crippen LogP contribution in [0.3, 0.4) is 0 Å². The predicted octanol–water partition coefficient (Wildman–Crippen LogP) is 4.35. The van der Waals surface area contributed by atoms with E-state index in [2.05, 4.69) is 13.8 Å². The quantitative estimate of drug-likeness (QED) is 0.501. The third-order valence-electron chi connectivity index (χ3n) is 3.98. The van der Waals surface area contributed by atoms with Crippen LogP contribution in [0.25, 0.3) is 0 Å². The lowest BCUT2D eigenvalue weighted by atomic mass is 10.0. The van der Waals surface area contributed by atoms with Crippen LogP contribution in [0.1, 0.15) is 67.4 Å². The summed E-state index contributed by atoms with van der Waals surface area (Å²) in [6.45, 7) is 5.69. The second kappa shape index (κ2) is 8.06. The van der Waals surface area contributed by atoms with Crippen LogP contribution >= 0.6 is 0 Å². The lowest BCUT2D eigenvalue weighted by Crippen LogP contribution is -2.06. The first kappa shape index (κ1) is 15.9. The molecule has 2 rings (SSSR count). The van der Waals surface area contributed by atoms with E-state index in [4.69, 9.17) is 9.47 Å². The fraction of sp³-hybridized carbons (Fsp3) is 0.611. The van der Waals surface area contributed by atoms with E-state index in [-0.39, 0.29) is 0 Å². The number of carbonyl (C=O) groups is 1. The van der Waals surface area contributed by atoms with E-state index in [0.29, 0.717) is 13.2 Å². The van der Waals surface area contributed by atoms with Gasteiger partial charge in [0.1, 0.15) is 6.29 Å². The number of unbranched alkanes of at least 4 members (excludes halogenated alkanes) is 2. The summed E-state index contributed by atoms with van der Waals surface area (Å²) in [4.78, 5) is 11.3. The van der Waals surface area contributed by atoms with Crippen LogP contribution in [0.4, 0.5) is 0 Å². The van der Waals surface area contributed by atoms with Crippen molar-refractivity contribution in [3.63, 3.8) is 0 Å². The molecule has 0 saturated heterocycles. The third kappa shape index (κ3) is 3.78. The predicted molar refractivity (Wildman–Crippen MR) is 84.7 cm³/mol. The second-order valence-electron chi connectivity index (χ2n) is 5.63. The van der Waals surface area contributed by atoms with E-state index in [0.717, 1.165) is 68.3 Å². The molecule has 1 aliphatic rings. The van der Waals surface area contributed by atoms with Crippen LogP contribution in [0.5, 0.6) is 11.5 Å². The van der Waals surface area contributed by atoms with Gasteiger partial charge >= 0.3 is 0 Å². The molecule has 1 aliphatic carbocycles. The van der Waals surface area contributed by atoms with Gasteiger partial charge in [-0.3, -0.25) is 4.79 Å². The van der Waals surface area contributed by atoms with E-state index in [9.17, 15) is 4.79 Å². The lowest BCUT2D eigenvalue weighted by molar-refractivity contribution is 0.112. The molecule has 1 aromatic carbocycles. The van der Waals surface area contributed by atoms with Crippen molar-refractivity contribution in [1.82, 2.24) is 0 Å². The van der Waals surface area contributed by atoms with Crippen LogP contribution < -0.4 is 9.47 Å². The van der Waals surface area contributed by atoms with E-state index < -0.39 is 0 Å². The maximum absolute atomic E-state index is 11.3. The van der Waals surface area contributed by atoms with Crippen LogP contribution in [-0.4, -0.2) is 19.5 Å². The Kier molecular flexibility index (Phi) is 6.09. The molecular formula is C18H26O3. The summed E-state index contributed by atoms with van der Waals surface area (Å²) in [5.74, 6) is 1.64. The van der Waals surface area contributed by atoms with E-state index in [1.807, 2.05) is 6.07 Å². The Morgan fingerprint density at radius 2 is 1.71 bits per heavy atom. The number of carbonyl (C=O) groups excluding carboxylic acids is 1. The second-order valence-corrected chi connectivity index (χ2v) is 5.63. The molecule has 0 spiro atoms. The lowest BCUT2D eigenvalue weighted by Gasteiger charge is -2.17. The highest BCUT2D eigenvalue weighted by atomic mass is 16.5. The highest BCUT2D eigenvalue weighted by molar-refractivity contribution is 5.81. The smallest absolute Gasteiger partial charge is 0.164 e. The van der Waals surface area contributed by atoms with Crippen LogP contribution in [0.2, 0.25) is 0 Å². The first-order valence-corrected chi connectivity index (χ1v) is 8.21. The highest BCUT2D eigenvalue weighted by Crippen LogP contribution is 2.40. The molecule has 0 aromatic heterocycles. The van der Waals surface area contributed by atoms with Crippen molar-refractivity contribution >= 4 is 6.29 Å². The van der Waals surface area contributed by atoms with Crippen LogP contribution in [0.15, 0.2) is 6.07 Å². The minimum absolute atomic E-state index is 0.678. The molecule has 0 radical (unpaired) electrons. The molecule has 0 bridgehead atoms. The van der Waals surface area contributed by atoms with Crippen LogP contribution in [0, 0.1) is 0 Å². The molecular weight excluding hydrogens is 264 g/mol. The monoisotopic (exact) mass is 290 g/mol. The Hall–Kier alpha value is -1.51. The number of fused-ring (bicyclic) bond motifs is 1. The van der Waals surface area contributed by atoms with Gasteiger partial charge in [-0.1, -0.05) is 26.7 Å². The molecule has 0 saturated carbocycles. The number of hydrogen-bond donors (Lipinski definition) is 0. The molecule has 0 atom stereocenters. The average molecular weight is 290 g/mol. The number of benzene rings is 1. The zero-order valence-electron chi connectivity index (χ0n) is 13.2. The minimum atomic E-state index is 0.678. The van der Waals surface area contributed by atoms with Gasteiger partial charge in [-0.15, -0.1) is 0 Å². The largest absolute Gasteiger partial charge is 0.490 e. The molecule has 21 heavy (non-hydrogen) atoms. The standard InChI is InChI=1S/C18H26O3/c1-3-5-10-20-17-12-14(13-19)15-8-7-9-16(15)18(17)21-11-6-4-2/h12-13H,3-11H2,1-2H3. The summed E-state index contributed by atoms with van der Waals surface area (Å²) in [5.41, 5.74) is 3.14. The minimum Gasteiger partial charge on any atom is -0.490 e. The Morgan fingerprint density at radius 1 is 1.05 bits per heavy atom. The summed E-state index contributed by atoms with van der Waals surface area (Å²) < 4.78 is 11.9. The fourth-order valence-electron chi connectivity index (χ4n) is 2.77. The number of hydrogen-bond acceptors (Lipinski definition) is 3. The molecule has 0 unspecified atom stereocenters. The fourth-order valence-corrected chi connectivity index (χ4v) is 2.77. The zero-order chi connectivity index (χ0) is 15.1. The molecule has 0 amide bonds. The van der Waals surface area contributed by atoms with Crippen molar-refractivity contribution in [3.8, 4) is 11.5 Å². The molecule has 3 nitrogen and oxygen atoms in total. The Bertz CT molecular complexity index is 480. The zero-order valence-corrected chi connectivity index (χ0v) is 13.2. The van der Waals surface area contributed by atoms with E-state index in [1.165, 1.54) is 11.1 Å². The van der Waals surface area contributed by atoms with Crippen molar-refractivity contribution in [1.29, 1.82) is 0 Å². The maximum Gasteiger partial charge on any atom is 0.164 e.